The first kappa shape index (κ1) is 13.0. The minimum atomic E-state index is 0.833. The zero-order valence-corrected chi connectivity index (χ0v) is 10.0. The summed E-state index contributed by atoms with van der Waals surface area (Å²) in [6.07, 6.45) is 2.40. The summed E-state index contributed by atoms with van der Waals surface area (Å²) >= 11 is 8.21. The van der Waals surface area contributed by atoms with Gasteiger partial charge < -0.3 is 5.73 Å². The SMILES string of the molecule is NCCCSCCSCCCS. The minimum Gasteiger partial charge on any atom is -0.330 e. The second-order valence-corrected chi connectivity index (χ2v) is 5.34. The molecule has 0 fully saturated rings. The Morgan fingerprint density at radius 3 is 2.00 bits per heavy atom. The topological polar surface area (TPSA) is 26.0 Å². The van der Waals surface area contributed by atoms with Crippen LogP contribution in [0.2, 0.25) is 0 Å². The molecule has 0 saturated carbocycles. The van der Waals surface area contributed by atoms with E-state index in [0.29, 0.717) is 0 Å². The van der Waals surface area contributed by atoms with Crippen LogP contribution in [0.15, 0.2) is 0 Å². The van der Waals surface area contributed by atoms with E-state index in [1.807, 2.05) is 23.5 Å². The molecule has 0 radical (unpaired) electrons. The summed E-state index contributed by atoms with van der Waals surface area (Å²) in [6.45, 7) is 0.833. The van der Waals surface area contributed by atoms with Gasteiger partial charge in [0.1, 0.15) is 0 Å². The van der Waals surface area contributed by atoms with Crippen LogP contribution in [0.3, 0.4) is 0 Å². The molecule has 74 valence electrons. The molecule has 0 aliphatic rings. The Hall–Kier alpha value is 1.01. The third kappa shape index (κ3) is 11.0. The van der Waals surface area contributed by atoms with E-state index >= 15 is 0 Å². The van der Waals surface area contributed by atoms with Crippen molar-refractivity contribution in [3.8, 4) is 0 Å². The van der Waals surface area contributed by atoms with Crippen molar-refractivity contribution in [3.63, 3.8) is 0 Å². The summed E-state index contributed by atoms with van der Waals surface area (Å²) in [5.41, 5.74) is 5.38. The first-order valence-electron chi connectivity index (χ1n) is 4.38. The lowest BCUT2D eigenvalue weighted by Crippen LogP contribution is -2.00. The molecule has 0 bridgehead atoms. The number of hydrogen-bond acceptors (Lipinski definition) is 4. The van der Waals surface area contributed by atoms with Crippen LogP contribution in [0.1, 0.15) is 12.8 Å². The fourth-order valence-electron chi connectivity index (χ4n) is 0.674. The summed E-state index contributed by atoms with van der Waals surface area (Å²) in [7, 11) is 0. The van der Waals surface area contributed by atoms with Gasteiger partial charge in [0.2, 0.25) is 0 Å². The fourth-order valence-corrected chi connectivity index (χ4v) is 3.12. The van der Waals surface area contributed by atoms with Gasteiger partial charge in [-0.3, -0.25) is 0 Å². The number of rotatable bonds is 9. The maximum Gasteiger partial charge on any atom is 0.00235 e. The molecule has 0 atom stereocenters. The second-order valence-electron chi connectivity index (χ2n) is 2.44. The Morgan fingerprint density at radius 1 is 0.917 bits per heavy atom. The molecule has 0 amide bonds. The summed E-state index contributed by atoms with van der Waals surface area (Å²) in [5, 5.41) is 0. The maximum absolute atomic E-state index is 5.38. The van der Waals surface area contributed by atoms with Crippen LogP contribution in [0, 0.1) is 0 Å². The standard InChI is InChI=1S/C8H19NS3/c9-3-1-5-11-7-8-12-6-2-4-10/h10H,1-9H2. The monoisotopic (exact) mass is 225 g/mol. The first-order valence-corrected chi connectivity index (χ1v) is 7.32. The molecule has 0 saturated heterocycles. The molecule has 1 nitrogen and oxygen atoms in total. The zero-order chi connectivity index (χ0) is 9.07. The number of thiol groups is 1. The van der Waals surface area contributed by atoms with Crippen LogP contribution in [0.5, 0.6) is 0 Å². The number of nitrogens with two attached hydrogens (primary N) is 1. The van der Waals surface area contributed by atoms with Gasteiger partial charge in [-0.1, -0.05) is 0 Å². The lowest BCUT2D eigenvalue weighted by molar-refractivity contribution is 0.943. The van der Waals surface area contributed by atoms with Crippen molar-refractivity contribution in [1.29, 1.82) is 0 Å². The smallest absolute Gasteiger partial charge is 0.00235 e. The molecule has 4 heteroatoms. The van der Waals surface area contributed by atoms with Crippen molar-refractivity contribution in [1.82, 2.24) is 0 Å². The van der Waals surface area contributed by atoms with Gasteiger partial charge in [-0.2, -0.15) is 36.2 Å². The van der Waals surface area contributed by atoms with E-state index in [1.165, 1.54) is 29.4 Å². The van der Waals surface area contributed by atoms with E-state index in [-0.39, 0.29) is 0 Å². The molecule has 0 unspecified atom stereocenters. The van der Waals surface area contributed by atoms with Gasteiger partial charge in [0, 0.05) is 11.5 Å². The average Bonchev–Trinajstić information content (AvgIpc) is 2.10. The Kier molecular flexibility index (Phi) is 13.0. The van der Waals surface area contributed by atoms with Crippen LogP contribution in [0.4, 0.5) is 0 Å². The van der Waals surface area contributed by atoms with E-state index in [2.05, 4.69) is 12.6 Å². The third-order valence-corrected chi connectivity index (χ3v) is 4.03. The molecular weight excluding hydrogens is 206 g/mol. The normalized spacial score (nSPS) is 10.5. The summed E-state index contributed by atoms with van der Waals surface area (Å²) < 4.78 is 0. The van der Waals surface area contributed by atoms with Crippen molar-refractivity contribution in [2.75, 3.05) is 35.3 Å². The van der Waals surface area contributed by atoms with Crippen LogP contribution < -0.4 is 5.73 Å². The van der Waals surface area contributed by atoms with Gasteiger partial charge in [0.05, 0.1) is 0 Å². The first-order chi connectivity index (χ1) is 5.91. The highest BCUT2D eigenvalue weighted by atomic mass is 32.2. The largest absolute Gasteiger partial charge is 0.330 e. The summed E-state index contributed by atoms with van der Waals surface area (Å²) in [6, 6.07) is 0. The van der Waals surface area contributed by atoms with Gasteiger partial charge in [-0.15, -0.1) is 0 Å². The lowest BCUT2D eigenvalue weighted by Gasteiger charge is -2.00. The molecule has 0 aliphatic heterocycles. The van der Waals surface area contributed by atoms with E-state index in [4.69, 9.17) is 5.73 Å². The predicted molar refractivity (Wildman–Crippen MR) is 66.8 cm³/mol. The molecule has 0 aromatic rings. The Labute approximate surface area is 90.0 Å². The third-order valence-electron chi connectivity index (χ3n) is 1.31. The molecule has 0 aromatic carbocycles. The van der Waals surface area contributed by atoms with Crippen LogP contribution >= 0.6 is 36.2 Å². The van der Waals surface area contributed by atoms with Crippen molar-refractivity contribution in [2.45, 2.75) is 12.8 Å². The van der Waals surface area contributed by atoms with Gasteiger partial charge in [-0.05, 0) is 36.6 Å². The minimum absolute atomic E-state index is 0.833. The molecule has 2 N–H and O–H groups in total. The molecular formula is C8H19NS3. The predicted octanol–water partition coefficient (Wildman–Crippen LogP) is 2.12. The maximum atomic E-state index is 5.38. The highest BCUT2D eigenvalue weighted by Gasteiger charge is 1.90. The Balaban J connectivity index is 2.73. The molecule has 0 rings (SSSR count). The highest BCUT2D eigenvalue weighted by molar-refractivity contribution is 8.02. The molecule has 0 spiro atoms. The van der Waals surface area contributed by atoms with Gasteiger partial charge in [0.15, 0.2) is 0 Å². The highest BCUT2D eigenvalue weighted by Crippen LogP contribution is 2.08. The van der Waals surface area contributed by atoms with Crippen LogP contribution in [0.25, 0.3) is 0 Å². The van der Waals surface area contributed by atoms with Gasteiger partial charge in [0.25, 0.3) is 0 Å². The van der Waals surface area contributed by atoms with Gasteiger partial charge >= 0.3 is 0 Å². The molecule has 0 heterocycles. The second kappa shape index (κ2) is 12.0. The molecule has 12 heavy (non-hydrogen) atoms. The van der Waals surface area contributed by atoms with E-state index in [0.717, 1.165) is 18.7 Å². The lowest BCUT2D eigenvalue weighted by atomic mass is 10.5. The van der Waals surface area contributed by atoms with Gasteiger partial charge in [-0.25, -0.2) is 0 Å². The number of hydrogen-bond donors (Lipinski definition) is 2. The van der Waals surface area contributed by atoms with Crippen molar-refractivity contribution in [2.24, 2.45) is 5.73 Å². The Morgan fingerprint density at radius 2 is 1.50 bits per heavy atom. The molecule has 0 aromatic heterocycles. The van der Waals surface area contributed by atoms with Crippen molar-refractivity contribution >= 4 is 36.2 Å². The van der Waals surface area contributed by atoms with Crippen molar-refractivity contribution in [3.05, 3.63) is 0 Å². The van der Waals surface area contributed by atoms with Crippen LogP contribution in [-0.4, -0.2) is 35.3 Å². The van der Waals surface area contributed by atoms with Crippen LogP contribution in [-0.2, 0) is 0 Å². The van der Waals surface area contributed by atoms with Crippen molar-refractivity contribution < 1.29 is 0 Å². The Bertz CT molecular complexity index is 70.7. The average molecular weight is 225 g/mol. The van der Waals surface area contributed by atoms with E-state index in [1.54, 1.807) is 0 Å². The quantitative estimate of drug-likeness (QED) is 0.465. The van der Waals surface area contributed by atoms with E-state index < -0.39 is 0 Å². The van der Waals surface area contributed by atoms with E-state index in [9.17, 15) is 0 Å². The molecule has 0 aliphatic carbocycles. The summed E-state index contributed by atoms with van der Waals surface area (Å²) in [4.78, 5) is 0. The summed E-state index contributed by atoms with van der Waals surface area (Å²) in [5.74, 6) is 6.07. The number of thioether (sulfide) groups is 2. The fraction of sp³-hybridized carbons (Fsp3) is 1.00. The zero-order valence-electron chi connectivity index (χ0n) is 7.50.